The molecule has 1 atom stereocenters. The Bertz CT molecular complexity index is 253. The number of carbonyl (C=O) groups excluding carboxylic acids is 1. The summed E-state index contributed by atoms with van der Waals surface area (Å²) in [5, 5.41) is 14.3. The smallest absolute Gasteiger partial charge is 0.323 e. The van der Waals surface area contributed by atoms with Gasteiger partial charge in [-0.05, 0) is 12.8 Å². The van der Waals surface area contributed by atoms with Crippen molar-refractivity contribution in [2.45, 2.75) is 18.9 Å². The molecular formula is C10H18N2O4. The lowest BCUT2D eigenvalue weighted by Crippen LogP contribution is -2.44. The van der Waals surface area contributed by atoms with E-state index in [1.165, 1.54) is 7.11 Å². The van der Waals surface area contributed by atoms with E-state index in [-0.39, 0.29) is 18.4 Å². The highest BCUT2D eigenvalue weighted by atomic mass is 16.5. The molecule has 0 aromatic carbocycles. The van der Waals surface area contributed by atoms with Crippen LogP contribution in [0.2, 0.25) is 0 Å². The Morgan fingerprint density at radius 3 is 2.62 bits per heavy atom. The average molecular weight is 230 g/mol. The molecule has 1 rings (SSSR count). The highest BCUT2D eigenvalue weighted by Crippen LogP contribution is 2.28. The predicted octanol–water partition coefficient (Wildman–Crippen LogP) is -0.798. The third-order valence-electron chi connectivity index (χ3n) is 2.39. The number of nitrogens with one attached hydrogen (secondary N) is 2. The van der Waals surface area contributed by atoms with Crippen LogP contribution in [0.1, 0.15) is 12.8 Å². The van der Waals surface area contributed by atoms with Crippen molar-refractivity contribution in [2.75, 3.05) is 26.8 Å². The van der Waals surface area contributed by atoms with Crippen LogP contribution in [0.4, 0.5) is 0 Å². The Morgan fingerprint density at radius 2 is 2.12 bits per heavy atom. The molecule has 16 heavy (non-hydrogen) atoms. The molecule has 6 heteroatoms. The zero-order chi connectivity index (χ0) is 12.0. The summed E-state index contributed by atoms with van der Waals surface area (Å²) < 4.78 is 4.76. The Balaban J connectivity index is 2.07. The third kappa shape index (κ3) is 4.59. The molecule has 0 spiro atoms. The summed E-state index contributed by atoms with van der Waals surface area (Å²) in [7, 11) is 1.45. The van der Waals surface area contributed by atoms with E-state index in [4.69, 9.17) is 9.84 Å². The summed E-state index contributed by atoms with van der Waals surface area (Å²) in [6, 6.07) is -0.720. The molecule has 1 amide bonds. The Morgan fingerprint density at radius 1 is 1.44 bits per heavy atom. The Hall–Kier alpha value is -1.14. The molecule has 0 saturated heterocycles. The standard InChI is InChI=1S/C10H18N2O4/c1-16-6-8(10(14)15)11-4-5-12-9(13)7-2-3-7/h7-8,11H,2-6H2,1H3,(H,12,13)(H,14,15). The van der Waals surface area contributed by atoms with Gasteiger partial charge in [0.1, 0.15) is 6.04 Å². The van der Waals surface area contributed by atoms with Gasteiger partial charge in [0.05, 0.1) is 6.61 Å². The van der Waals surface area contributed by atoms with Crippen LogP contribution < -0.4 is 10.6 Å². The van der Waals surface area contributed by atoms with Crippen LogP contribution >= 0.6 is 0 Å². The zero-order valence-electron chi connectivity index (χ0n) is 9.36. The van der Waals surface area contributed by atoms with E-state index in [1.54, 1.807) is 0 Å². The molecule has 1 unspecified atom stereocenters. The lowest BCUT2D eigenvalue weighted by molar-refractivity contribution is -0.140. The molecule has 0 aliphatic heterocycles. The summed E-state index contributed by atoms with van der Waals surface area (Å²) in [4.78, 5) is 21.9. The number of carboxylic acid groups (broad SMARTS) is 1. The van der Waals surface area contributed by atoms with Gasteiger partial charge in [-0.1, -0.05) is 0 Å². The summed E-state index contributed by atoms with van der Waals surface area (Å²) >= 11 is 0. The van der Waals surface area contributed by atoms with Gasteiger partial charge in [0.15, 0.2) is 0 Å². The van der Waals surface area contributed by atoms with Gasteiger partial charge in [0.25, 0.3) is 0 Å². The quantitative estimate of drug-likeness (QED) is 0.475. The van der Waals surface area contributed by atoms with E-state index in [0.717, 1.165) is 12.8 Å². The fraction of sp³-hybridized carbons (Fsp3) is 0.800. The van der Waals surface area contributed by atoms with Gasteiger partial charge in [-0.2, -0.15) is 0 Å². The van der Waals surface area contributed by atoms with E-state index in [2.05, 4.69) is 10.6 Å². The predicted molar refractivity (Wildman–Crippen MR) is 57.0 cm³/mol. The van der Waals surface area contributed by atoms with Crippen molar-refractivity contribution in [3.05, 3.63) is 0 Å². The minimum Gasteiger partial charge on any atom is -0.480 e. The maximum atomic E-state index is 11.2. The molecular weight excluding hydrogens is 212 g/mol. The number of hydrogen-bond donors (Lipinski definition) is 3. The number of carboxylic acids is 1. The summed E-state index contributed by atoms with van der Waals surface area (Å²) in [5.41, 5.74) is 0. The van der Waals surface area contributed by atoms with Gasteiger partial charge >= 0.3 is 5.97 Å². The summed E-state index contributed by atoms with van der Waals surface area (Å²) in [5.74, 6) is -0.690. The maximum Gasteiger partial charge on any atom is 0.323 e. The van der Waals surface area contributed by atoms with Crippen molar-refractivity contribution >= 4 is 11.9 Å². The van der Waals surface area contributed by atoms with Crippen molar-refractivity contribution in [1.82, 2.24) is 10.6 Å². The molecule has 0 radical (unpaired) electrons. The first-order chi connectivity index (χ1) is 7.65. The number of ether oxygens (including phenoxy) is 1. The van der Waals surface area contributed by atoms with E-state index >= 15 is 0 Å². The SMILES string of the molecule is COCC(NCCNC(=O)C1CC1)C(=O)O. The van der Waals surface area contributed by atoms with Crippen molar-refractivity contribution in [1.29, 1.82) is 0 Å². The molecule has 1 fully saturated rings. The molecule has 1 saturated carbocycles. The molecule has 1 aliphatic carbocycles. The van der Waals surface area contributed by atoms with Gasteiger partial charge in [0.2, 0.25) is 5.91 Å². The topological polar surface area (TPSA) is 87.7 Å². The van der Waals surface area contributed by atoms with E-state index in [0.29, 0.717) is 13.1 Å². The van der Waals surface area contributed by atoms with E-state index in [1.807, 2.05) is 0 Å². The molecule has 0 heterocycles. The van der Waals surface area contributed by atoms with Gasteiger partial charge in [-0.25, -0.2) is 0 Å². The zero-order valence-corrected chi connectivity index (χ0v) is 9.36. The first kappa shape index (κ1) is 12.9. The minimum absolute atomic E-state index is 0.0698. The number of amides is 1. The molecule has 3 N–H and O–H groups in total. The van der Waals surface area contributed by atoms with Crippen molar-refractivity contribution in [3.63, 3.8) is 0 Å². The van der Waals surface area contributed by atoms with Crippen molar-refractivity contribution in [3.8, 4) is 0 Å². The van der Waals surface area contributed by atoms with Gasteiger partial charge in [-0.3, -0.25) is 9.59 Å². The van der Waals surface area contributed by atoms with Crippen LogP contribution in [0, 0.1) is 5.92 Å². The molecule has 92 valence electrons. The second kappa shape index (κ2) is 6.44. The minimum atomic E-state index is -0.949. The molecule has 6 nitrogen and oxygen atoms in total. The fourth-order valence-electron chi connectivity index (χ4n) is 1.31. The Kier molecular flexibility index (Phi) is 5.21. The highest BCUT2D eigenvalue weighted by Gasteiger charge is 2.29. The molecule has 0 bridgehead atoms. The number of rotatable bonds is 8. The van der Waals surface area contributed by atoms with E-state index < -0.39 is 12.0 Å². The second-order valence-electron chi connectivity index (χ2n) is 3.87. The fourth-order valence-corrected chi connectivity index (χ4v) is 1.31. The van der Waals surface area contributed by atoms with Gasteiger partial charge < -0.3 is 20.5 Å². The lowest BCUT2D eigenvalue weighted by atomic mass is 10.3. The summed E-state index contributed by atoms with van der Waals surface area (Å²) in [6.07, 6.45) is 1.95. The number of hydrogen-bond acceptors (Lipinski definition) is 4. The number of aliphatic carboxylic acids is 1. The summed E-state index contributed by atoms with van der Waals surface area (Å²) in [6.45, 7) is 0.994. The largest absolute Gasteiger partial charge is 0.480 e. The van der Waals surface area contributed by atoms with Gasteiger partial charge in [-0.15, -0.1) is 0 Å². The van der Waals surface area contributed by atoms with Crippen LogP contribution in [-0.2, 0) is 14.3 Å². The monoisotopic (exact) mass is 230 g/mol. The van der Waals surface area contributed by atoms with Crippen molar-refractivity contribution < 1.29 is 19.4 Å². The number of carbonyl (C=O) groups is 2. The molecule has 0 aromatic rings. The van der Waals surface area contributed by atoms with E-state index in [9.17, 15) is 9.59 Å². The highest BCUT2D eigenvalue weighted by molar-refractivity contribution is 5.80. The van der Waals surface area contributed by atoms with Crippen LogP contribution in [-0.4, -0.2) is 49.8 Å². The molecule has 0 aromatic heterocycles. The first-order valence-electron chi connectivity index (χ1n) is 5.38. The molecule has 1 aliphatic rings. The van der Waals surface area contributed by atoms with Crippen molar-refractivity contribution in [2.24, 2.45) is 5.92 Å². The van der Waals surface area contributed by atoms with Crippen LogP contribution in [0.5, 0.6) is 0 Å². The van der Waals surface area contributed by atoms with Crippen LogP contribution in [0.15, 0.2) is 0 Å². The third-order valence-corrected chi connectivity index (χ3v) is 2.39. The first-order valence-corrected chi connectivity index (χ1v) is 5.38. The normalized spacial score (nSPS) is 16.8. The lowest BCUT2D eigenvalue weighted by Gasteiger charge is -2.13. The second-order valence-corrected chi connectivity index (χ2v) is 3.87. The van der Waals surface area contributed by atoms with Crippen LogP contribution in [0.25, 0.3) is 0 Å². The number of methoxy groups -OCH3 is 1. The average Bonchev–Trinajstić information content (AvgIpc) is 3.05. The maximum absolute atomic E-state index is 11.2. The van der Waals surface area contributed by atoms with Crippen LogP contribution in [0.3, 0.4) is 0 Å². The Labute approximate surface area is 94.3 Å². The van der Waals surface area contributed by atoms with Gasteiger partial charge in [0, 0.05) is 26.1 Å².